The molecule has 0 spiro atoms. The SMILES string of the molecule is C[C@@H]1CCc2sc(C(=O)NNC(=O)Cc3nn(C)c(=O)c4ccccc34)cc2C1. The number of hydrazine groups is 1. The van der Waals surface area contributed by atoms with Gasteiger partial charge in [-0.2, -0.15) is 5.10 Å². The van der Waals surface area contributed by atoms with Gasteiger partial charge in [-0.1, -0.05) is 25.1 Å². The molecule has 1 aliphatic rings. The molecule has 29 heavy (non-hydrogen) atoms. The van der Waals surface area contributed by atoms with Gasteiger partial charge < -0.3 is 0 Å². The van der Waals surface area contributed by atoms with Crippen LogP contribution >= 0.6 is 11.3 Å². The van der Waals surface area contributed by atoms with Gasteiger partial charge >= 0.3 is 0 Å². The minimum Gasteiger partial charge on any atom is -0.273 e. The fourth-order valence-electron chi connectivity index (χ4n) is 3.71. The molecule has 0 saturated heterocycles. The Hall–Kier alpha value is -3.00. The van der Waals surface area contributed by atoms with Gasteiger partial charge in [0.2, 0.25) is 5.91 Å². The molecular formula is C21H22N4O3S. The molecule has 2 amide bonds. The average molecular weight is 410 g/mol. The van der Waals surface area contributed by atoms with Crippen molar-refractivity contribution in [2.75, 3.05) is 0 Å². The fourth-order valence-corrected chi connectivity index (χ4v) is 4.81. The molecule has 0 bridgehead atoms. The minimum absolute atomic E-state index is 0.0482. The van der Waals surface area contributed by atoms with Crippen LogP contribution in [0.15, 0.2) is 35.1 Å². The first-order valence-electron chi connectivity index (χ1n) is 9.58. The maximum atomic E-state index is 12.4. The third-order valence-corrected chi connectivity index (χ3v) is 6.47. The summed E-state index contributed by atoms with van der Waals surface area (Å²) < 4.78 is 1.22. The second kappa shape index (κ2) is 7.79. The molecule has 7 nitrogen and oxygen atoms in total. The zero-order valence-electron chi connectivity index (χ0n) is 16.3. The Bertz CT molecular complexity index is 1160. The van der Waals surface area contributed by atoms with Crippen LogP contribution in [0.1, 0.15) is 39.2 Å². The van der Waals surface area contributed by atoms with E-state index in [4.69, 9.17) is 0 Å². The van der Waals surface area contributed by atoms with Gasteiger partial charge in [0.1, 0.15) is 0 Å². The van der Waals surface area contributed by atoms with E-state index in [9.17, 15) is 14.4 Å². The van der Waals surface area contributed by atoms with E-state index in [1.807, 2.05) is 6.07 Å². The van der Waals surface area contributed by atoms with Crippen LogP contribution in [-0.2, 0) is 31.1 Å². The summed E-state index contributed by atoms with van der Waals surface area (Å²) >= 11 is 1.49. The molecule has 2 heterocycles. The number of nitrogens with one attached hydrogen (secondary N) is 2. The largest absolute Gasteiger partial charge is 0.279 e. The summed E-state index contributed by atoms with van der Waals surface area (Å²) in [6, 6.07) is 8.98. The summed E-state index contributed by atoms with van der Waals surface area (Å²) in [6.07, 6.45) is 3.10. The molecular weight excluding hydrogens is 388 g/mol. The van der Waals surface area contributed by atoms with Crippen LogP contribution in [0.4, 0.5) is 0 Å². The molecule has 0 unspecified atom stereocenters. The zero-order chi connectivity index (χ0) is 20.5. The van der Waals surface area contributed by atoms with Crippen molar-refractivity contribution in [2.24, 2.45) is 13.0 Å². The van der Waals surface area contributed by atoms with E-state index < -0.39 is 5.91 Å². The zero-order valence-corrected chi connectivity index (χ0v) is 17.1. The van der Waals surface area contributed by atoms with Crippen LogP contribution in [0.5, 0.6) is 0 Å². The summed E-state index contributed by atoms with van der Waals surface area (Å²) in [7, 11) is 1.55. The summed E-state index contributed by atoms with van der Waals surface area (Å²) in [5.74, 6) is -0.0786. The van der Waals surface area contributed by atoms with Gasteiger partial charge in [0.15, 0.2) is 0 Å². The highest BCUT2D eigenvalue weighted by Crippen LogP contribution is 2.32. The maximum absolute atomic E-state index is 12.4. The van der Waals surface area contributed by atoms with E-state index in [0.717, 1.165) is 19.3 Å². The fraction of sp³-hybridized carbons (Fsp3) is 0.333. The predicted molar refractivity (Wildman–Crippen MR) is 112 cm³/mol. The number of hydrogen-bond donors (Lipinski definition) is 2. The molecule has 1 atom stereocenters. The molecule has 4 rings (SSSR count). The van der Waals surface area contributed by atoms with Gasteiger partial charge in [0.05, 0.1) is 22.4 Å². The van der Waals surface area contributed by atoms with Crippen LogP contribution in [0.2, 0.25) is 0 Å². The Morgan fingerprint density at radius 3 is 2.79 bits per heavy atom. The van der Waals surface area contributed by atoms with Crippen LogP contribution in [0.25, 0.3) is 10.8 Å². The van der Waals surface area contributed by atoms with Gasteiger partial charge in [0.25, 0.3) is 11.5 Å². The number of benzene rings is 1. The second-order valence-corrected chi connectivity index (χ2v) is 8.64. The number of thiophene rings is 1. The molecule has 1 aromatic carbocycles. The van der Waals surface area contributed by atoms with Crippen molar-refractivity contribution in [1.82, 2.24) is 20.6 Å². The molecule has 2 N–H and O–H groups in total. The molecule has 150 valence electrons. The Morgan fingerprint density at radius 1 is 1.24 bits per heavy atom. The number of carbonyl (C=O) groups is 2. The maximum Gasteiger partial charge on any atom is 0.279 e. The van der Waals surface area contributed by atoms with Crippen molar-refractivity contribution >= 4 is 33.9 Å². The highest BCUT2D eigenvalue weighted by atomic mass is 32.1. The number of aromatic nitrogens is 2. The first-order valence-corrected chi connectivity index (χ1v) is 10.4. The summed E-state index contributed by atoms with van der Waals surface area (Å²) in [5, 5.41) is 5.36. The van der Waals surface area contributed by atoms with Crippen LogP contribution in [0.3, 0.4) is 0 Å². The highest BCUT2D eigenvalue weighted by molar-refractivity contribution is 7.14. The van der Waals surface area contributed by atoms with Crippen LogP contribution < -0.4 is 16.4 Å². The van der Waals surface area contributed by atoms with E-state index >= 15 is 0 Å². The van der Waals surface area contributed by atoms with Gasteiger partial charge in [-0.05, 0) is 42.9 Å². The van der Waals surface area contributed by atoms with Crippen molar-refractivity contribution in [3.8, 4) is 0 Å². The lowest BCUT2D eigenvalue weighted by Gasteiger charge is -2.16. The van der Waals surface area contributed by atoms with Crippen LogP contribution in [-0.4, -0.2) is 21.6 Å². The van der Waals surface area contributed by atoms with E-state index in [-0.39, 0.29) is 17.9 Å². The van der Waals surface area contributed by atoms with Crippen molar-refractivity contribution in [1.29, 1.82) is 0 Å². The summed E-state index contributed by atoms with van der Waals surface area (Å²) in [6.45, 7) is 2.22. The molecule has 0 fully saturated rings. The number of carbonyl (C=O) groups excluding carboxylic acids is 2. The molecule has 3 aromatic rings. The van der Waals surface area contributed by atoms with Gasteiger partial charge in [-0.3, -0.25) is 25.2 Å². The van der Waals surface area contributed by atoms with E-state index in [1.165, 1.54) is 26.5 Å². The second-order valence-electron chi connectivity index (χ2n) is 7.51. The number of fused-ring (bicyclic) bond motifs is 2. The summed E-state index contributed by atoms with van der Waals surface area (Å²) in [4.78, 5) is 38.9. The van der Waals surface area contributed by atoms with E-state index in [1.54, 1.807) is 31.3 Å². The monoisotopic (exact) mass is 410 g/mol. The predicted octanol–water partition coefficient (Wildman–Crippen LogP) is 2.12. The van der Waals surface area contributed by atoms with Gasteiger partial charge in [-0.25, -0.2) is 4.68 Å². The molecule has 0 aliphatic heterocycles. The lowest BCUT2D eigenvalue weighted by atomic mass is 9.90. The Kier molecular flexibility index (Phi) is 5.19. The van der Waals surface area contributed by atoms with E-state index in [0.29, 0.717) is 27.3 Å². The standard InChI is InChI=1S/C21H22N4O3S/c1-12-7-8-17-13(9-12)10-18(29-17)20(27)23-22-19(26)11-16-14-5-3-4-6-15(14)21(28)25(2)24-16/h3-6,10,12H,7-9,11H2,1-2H3,(H,22,26)(H,23,27)/t12-/m1/s1. The lowest BCUT2D eigenvalue weighted by molar-refractivity contribution is -0.121. The topological polar surface area (TPSA) is 93.1 Å². The van der Waals surface area contributed by atoms with Crippen molar-refractivity contribution in [2.45, 2.75) is 32.6 Å². The Labute approximate surface area is 171 Å². The third-order valence-electron chi connectivity index (χ3n) is 5.23. The van der Waals surface area contributed by atoms with Crippen molar-refractivity contribution < 1.29 is 9.59 Å². The van der Waals surface area contributed by atoms with E-state index in [2.05, 4.69) is 22.9 Å². The Morgan fingerprint density at radius 2 is 2.00 bits per heavy atom. The van der Waals surface area contributed by atoms with Crippen molar-refractivity contribution in [3.05, 3.63) is 61.7 Å². The molecule has 8 heteroatoms. The lowest BCUT2D eigenvalue weighted by Crippen LogP contribution is -2.42. The third kappa shape index (κ3) is 3.93. The highest BCUT2D eigenvalue weighted by Gasteiger charge is 2.21. The normalized spacial score (nSPS) is 15.7. The van der Waals surface area contributed by atoms with Gasteiger partial charge in [0, 0.05) is 17.3 Å². The number of nitrogens with zero attached hydrogens (tertiary/aromatic N) is 2. The number of rotatable bonds is 3. The molecule has 0 saturated carbocycles. The molecule has 0 radical (unpaired) electrons. The quantitative estimate of drug-likeness (QED) is 0.647. The van der Waals surface area contributed by atoms with Crippen LogP contribution in [0, 0.1) is 5.92 Å². The first kappa shape index (κ1) is 19.3. The number of amides is 2. The number of aryl methyl sites for hydroxylation is 2. The Balaban J connectivity index is 1.43. The summed E-state index contributed by atoms with van der Waals surface area (Å²) in [5.41, 5.74) is 6.46. The minimum atomic E-state index is -0.399. The first-order chi connectivity index (χ1) is 13.9. The molecule has 2 aromatic heterocycles. The number of hydrogen-bond acceptors (Lipinski definition) is 5. The average Bonchev–Trinajstić information content (AvgIpc) is 3.13. The molecule has 1 aliphatic carbocycles. The van der Waals surface area contributed by atoms with Gasteiger partial charge in [-0.15, -0.1) is 11.3 Å². The van der Waals surface area contributed by atoms with Crippen molar-refractivity contribution in [3.63, 3.8) is 0 Å². The smallest absolute Gasteiger partial charge is 0.273 e.